The number of nitrogens with zero attached hydrogens (tertiary/aromatic N) is 3. The van der Waals surface area contributed by atoms with Gasteiger partial charge in [0.05, 0.1) is 6.54 Å². The van der Waals surface area contributed by atoms with Crippen LogP contribution in [0, 0.1) is 0 Å². The summed E-state index contributed by atoms with van der Waals surface area (Å²) in [6.07, 6.45) is 5.85. The van der Waals surface area contributed by atoms with Crippen molar-refractivity contribution in [2.24, 2.45) is 12.8 Å². The molecular formula is C16H24N4. The van der Waals surface area contributed by atoms with Crippen LogP contribution >= 0.6 is 0 Å². The molecule has 20 heavy (non-hydrogen) atoms. The van der Waals surface area contributed by atoms with E-state index in [1.807, 2.05) is 30.1 Å². The van der Waals surface area contributed by atoms with Crippen molar-refractivity contribution in [3.8, 4) is 0 Å². The van der Waals surface area contributed by atoms with Gasteiger partial charge in [0, 0.05) is 32.0 Å². The molecule has 4 heteroatoms. The Kier molecular flexibility index (Phi) is 5.32. The van der Waals surface area contributed by atoms with Crippen LogP contribution < -0.4 is 5.73 Å². The number of benzene rings is 1. The molecular weight excluding hydrogens is 248 g/mol. The molecule has 0 aliphatic heterocycles. The summed E-state index contributed by atoms with van der Waals surface area (Å²) in [5.74, 6) is 1.07. The highest BCUT2D eigenvalue weighted by molar-refractivity contribution is 5.14. The molecule has 0 fully saturated rings. The fraction of sp³-hybridized carbons (Fsp3) is 0.438. The van der Waals surface area contributed by atoms with Gasteiger partial charge in [-0.15, -0.1) is 0 Å². The Morgan fingerprint density at radius 2 is 2.05 bits per heavy atom. The fourth-order valence-corrected chi connectivity index (χ4v) is 2.34. The standard InChI is InChI=1S/C16H24N4/c1-19(13-16-18-10-11-20(16)2)12-15(17)9-8-14-6-4-3-5-7-14/h3-7,10-11,15H,8-9,12-13,17H2,1-2H3. The maximum Gasteiger partial charge on any atom is 0.122 e. The smallest absolute Gasteiger partial charge is 0.122 e. The number of nitrogens with two attached hydrogens (primary N) is 1. The lowest BCUT2D eigenvalue weighted by molar-refractivity contribution is 0.288. The van der Waals surface area contributed by atoms with Crippen molar-refractivity contribution in [3.05, 3.63) is 54.1 Å². The number of hydrogen-bond donors (Lipinski definition) is 1. The molecule has 0 bridgehead atoms. The van der Waals surface area contributed by atoms with Crippen LogP contribution in [0.1, 0.15) is 17.8 Å². The monoisotopic (exact) mass is 272 g/mol. The number of rotatable bonds is 7. The van der Waals surface area contributed by atoms with Crippen molar-refractivity contribution in [2.45, 2.75) is 25.4 Å². The van der Waals surface area contributed by atoms with E-state index < -0.39 is 0 Å². The van der Waals surface area contributed by atoms with Gasteiger partial charge in [-0.1, -0.05) is 30.3 Å². The molecule has 2 N–H and O–H groups in total. The second-order valence-electron chi connectivity index (χ2n) is 5.44. The van der Waals surface area contributed by atoms with Crippen LogP contribution in [0.25, 0.3) is 0 Å². The quantitative estimate of drug-likeness (QED) is 0.836. The van der Waals surface area contributed by atoms with Crippen LogP contribution in [0.3, 0.4) is 0 Å². The van der Waals surface area contributed by atoms with Gasteiger partial charge in [-0.3, -0.25) is 4.90 Å². The molecule has 0 amide bonds. The Morgan fingerprint density at radius 1 is 1.30 bits per heavy atom. The molecule has 0 saturated heterocycles. The highest BCUT2D eigenvalue weighted by atomic mass is 15.2. The normalized spacial score (nSPS) is 12.8. The molecule has 0 aliphatic carbocycles. The van der Waals surface area contributed by atoms with E-state index >= 15 is 0 Å². The van der Waals surface area contributed by atoms with Gasteiger partial charge in [0.15, 0.2) is 0 Å². The number of hydrogen-bond acceptors (Lipinski definition) is 3. The molecule has 2 rings (SSSR count). The van der Waals surface area contributed by atoms with E-state index in [0.717, 1.165) is 31.8 Å². The summed E-state index contributed by atoms with van der Waals surface area (Å²) in [6, 6.07) is 10.7. The Labute approximate surface area is 121 Å². The highest BCUT2D eigenvalue weighted by Crippen LogP contribution is 2.06. The predicted molar refractivity (Wildman–Crippen MR) is 82.3 cm³/mol. The Morgan fingerprint density at radius 3 is 2.70 bits per heavy atom. The van der Waals surface area contributed by atoms with E-state index in [-0.39, 0.29) is 6.04 Å². The first kappa shape index (κ1) is 14.8. The fourth-order valence-electron chi connectivity index (χ4n) is 2.34. The van der Waals surface area contributed by atoms with Crippen molar-refractivity contribution < 1.29 is 0 Å². The first-order valence-electron chi connectivity index (χ1n) is 7.09. The van der Waals surface area contributed by atoms with Crippen LogP contribution in [-0.2, 0) is 20.0 Å². The van der Waals surface area contributed by atoms with Gasteiger partial charge in [0.1, 0.15) is 5.82 Å². The SMILES string of the molecule is CN(Cc1nccn1C)CC(N)CCc1ccccc1. The summed E-state index contributed by atoms with van der Waals surface area (Å²) < 4.78 is 2.05. The van der Waals surface area contributed by atoms with Gasteiger partial charge in [0.2, 0.25) is 0 Å². The summed E-state index contributed by atoms with van der Waals surface area (Å²) in [5, 5.41) is 0. The van der Waals surface area contributed by atoms with Crippen molar-refractivity contribution in [1.82, 2.24) is 14.5 Å². The van der Waals surface area contributed by atoms with Crippen LogP contribution in [-0.4, -0.2) is 34.1 Å². The second kappa shape index (κ2) is 7.22. The average molecular weight is 272 g/mol. The van der Waals surface area contributed by atoms with Crippen molar-refractivity contribution in [2.75, 3.05) is 13.6 Å². The van der Waals surface area contributed by atoms with Crippen LogP contribution in [0.2, 0.25) is 0 Å². The van der Waals surface area contributed by atoms with E-state index in [2.05, 4.69) is 41.2 Å². The van der Waals surface area contributed by atoms with Gasteiger partial charge in [-0.25, -0.2) is 4.98 Å². The molecule has 0 radical (unpaired) electrons. The maximum atomic E-state index is 6.22. The van der Waals surface area contributed by atoms with E-state index in [1.54, 1.807) is 0 Å². The lowest BCUT2D eigenvalue weighted by atomic mass is 10.1. The Hall–Kier alpha value is -1.65. The number of likely N-dealkylation sites (N-methyl/N-ethyl adjacent to an activating group) is 1. The molecule has 2 aromatic rings. The van der Waals surface area contributed by atoms with E-state index in [9.17, 15) is 0 Å². The second-order valence-corrected chi connectivity index (χ2v) is 5.44. The molecule has 108 valence electrons. The lowest BCUT2D eigenvalue weighted by Gasteiger charge is -2.21. The number of aromatic nitrogens is 2. The molecule has 1 atom stereocenters. The molecule has 1 aromatic carbocycles. The molecule has 1 aromatic heterocycles. The molecule has 0 aliphatic rings. The summed E-state index contributed by atoms with van der Waals surface area (Å²) >= 11 is 0. The largest absolute Gasteiger partial charge is 0.337 e. The van der Waals surface area contributed by atoms with Crippen LogP contribution in [0.5, 0.6) is 0 Å². The van der Waals surface area contributed by atoms with Crippen molar-refractivity contribution in [3.63, 3.8) is 0 Å². The summed E-state index contributed by atoms with van der Waals surface area (Å²) in [6.45, 7) is 1.72. The first-order valence-corrected chi connectivity index (χ1v) is 7.09. The summed E-state index contributed by atoms with van der Waals surface area (Å²) in [7, 11) is 4.11. The predicted octanol–water partition coefficient (Wildman–Crippen LogP) is 1.81. The average Bonchev–Trinajstić information content (AvgIpc) is 2.83. The maximum absolute atomic E-state index is 6.22. The molecule has 4 nitrogen and oxygen atoms in total. The minimum Gasteiger partial charge on any atom is -0.337 e. The van der Waals surface area contributed by atoms with E-state index in [1.165, 1.54) is 5.56 Å². The number of aryl methyl sites for hydroxylation is 2. The lowest BCUT2D eigenvalue weighted by Crippen LogP contribution is -2.35. The van der Waals surface area contributed by atoms with E-state index in [0.29, 0.717) is 0 Å². The Bertz CT molecular complexity index is 506. The first-order chi connectivity index (χ1) is 9.65. The third kappa shape index (κ3) is 4.47. The minimum atomic E-state index is 0.195. The van der Waals surface area contributed by atoms with Gasteiger partial charge in [0.25, 0.3) is 0 Å². The van der Waals surface area contributed by atoms with Crippen LogP contribution in [0.15, 0.2) is 42.7 Å². The van der Waals surface area contributed by atoms with Gasteiger partial charge >= 0.3 is 0 Å². The summed E-state index contributed by atoms with van der Waals surface area (Å²) in [5.41, 5.74) is 7.58. The van der Waals surface area contributed by atoms with E-state index in [4.69, 9.17) is 5.73 Å². The zero-order chi connectivity index (χ0) is 14.4. The van der Waals surface area contributed by atoms with Crippen LogP contribution in [0.4, 0.5) is 0 Å². The topological polar surface area (TPSA) is 47.1 Å². The molecule has 1 unspecified atom stereocenters. The zero-order valence-electron chi connectivity index (χ0n) is 12.4. The van der Waals surface area contributed by atoms with Crippen molar-refractivity contribution >= 4 is 0 Å². The van der Waals surface area contributed by atoms with Crippen molar-refractivity contribution in [1.29, 1.82) is 0 Å². The molecule has 0 spiro atoms. The number of imidazole rings is 1. The third-order valence-electron chi connectivity index (χ3n) is 3.53. The highest BCUT2D eigenvalue weighted by Gasteiger charge is 2.09. The summed E-state index contributed by atoms with van der Waals surface area (Å²) in [4.78, 5) is 6.57. The van der Waals surface area contributed by atoms with Gasteiger partial charge in [-0.05, 0) is 25.5 Å². The Balaban J connectivity index is 1.74. The molecule has 1 heterocycles. The zero-order valence-corrected chi connectivity index (χ0v) is 12.4. The van der Waals surface area contributed by atoms with Gasteiger partial charge < -0.3 is 10.3 Å². The third-order valence-corrected chi connectivity index (χ3v) is 3.53. The minimum absolute atomic E-state index is 0.195. The van der Waals surface area contributed by atoms with Gasteiger partial charge in [-0.2, -0.15) is 0 Å². The molecule has 0 saturated carbocycles.